The Labute approximate surface area is 68.5 Å². The zero-order valence-electron chi connectivity index (χ0n) is 7.25. The smallest absolute Gasteiger partial charge is 0.0589 e. The maximum Gasteiger partial charge on any atom is 0.0589 e. The lowest BCUT2D eigenvalue weighted by Crippen LogP contribution is -2.34. The molecule has 2 unspecified atom stereocenters. The van der Waals surface area contributed by atoms with Gasteiger partial charge >= 0.3 is 0 Å². The molecule has 0 radical (unpaired) electrons. The van der Waals surface area contributed by atoms with Gasteiger partial charge in [-0.15, -0.1) is 0 Å². The van der Waals surface area contributed by atoms with E-state index in [0.29, 0.717) is 0 Å². The molecular weight excluding hydrogens is 138 g/mol. The number of ether oxygens (including phenoxy) is 1. The van der Waals surface area contributed by atoms with Crippen molar-refractivity contribution in [3.8, 4) is 0 Å². The van der Waals surface area contributed by atoms with Crippen molar-refractivity contribution in [1.82, 2.24) is 4.90 Å². The number of likely N-dealkylation sites (tertiary alicyclic amines) is 1. The van der Waals surface area contributed by atoms with Crippen LogP contribution in [0.4, 0.5) is 0 Å². The largest absolute Gasteiger partial charge is 0.383 e. The van der Waals surface area contributed by atoms with E-state index in [1.165, 1.54) is 25.8 Å². The highest BCUT2D eigenvalue weighted by Crippen LogP contribution is 2.36. The second-order valence-electron chi connectivity index (χ2n) is 3.82. The maximum absolute atomic E-state index is 5.07. The van der Waals surface area contributed by atoms with Crippen LogP contribution in [0.1, 0.15) is 19.3 Å². The first-order valence-corrected chi connectivity index (χ1v) is 4.63. The number of rotatable bonds is 3. The molecule has 1 aliphatic heterocycles. The van der Waals surface area contributed by atoms with Crippen LogP contribution in [0.5, 0.6) is 0 Å². The predicted octanol–water partition coefficient (Wildman–Crippen LogP) is 1.12. The average Bonchev–Trinajstić information content (AvgIpc) is 2.60. The van der Waals surface area contributed by atoms with Gasteiger partial charge < -0.3 is 4.74 Å². The normalized spacial score (nSPS) is 36.8. The molecule has 0 aromatic rings. The summed E-state index contributed by atoms with van der Waals surface area (Å²) in [5.74, 6) is 1.02. The SMILES string of the molecule is COCCN1CC2CCC1C2. The molecule has 1 saturated carbocycles. The molecule has 0 spiro atoms. The van der Waals surface area contributed by atoms with Gasteiger partial charge in [0.05, 0.1) is 6.61 Å². The van der Waals surface area contributed by atoms with E-state index in [4.69, 9.17) is 4.74 Å². The standard InChI is InChI=1S/C9H17NO/c1-11-5-4-10-7-8-2-3-9(10)6-8/h8-9H,2-7H2,1H3. The van der Waals surface area contributed by atoms with E-state index < -0.39 is 0 Å². The average molecular weight is 155 g/mol. The predicted molar refractivity (Wildman–Crippen MR) is 44.6 cm³/mol. The molecule has 1 heterocycles. The highest BCUT2D eigenvalue weighted by molar-refractivity contribution is 4.91. The van der Waals surface area contributed by atoms with Crippen LogP contribution in [-0.2, 0) is 4.74 Å². The lowest BCUT2D eigenvalue weighted by Gasteiger charge is -2.25. The van der Waals surface area contributed by atoms with E-state index in [2.05, 4.69) is 4.90 Å². The summed E-state index contributed by atoms with van der Waals surface area (Å²) >= 11 is 0. The van der Waals surface area contributed by atoms with Crippen LogP contribution in [0.2, 0.25) is 0 Å². The fraction of sp³-hybridized carbons (Fsp3) is 1.00. The number of hydrogen-bond acceptors (Lipinski definition) is 2. The van der Waals surface area contributed by atoms with Crippen LogP contribution >= 0.6 is 0 Å². The number of methoxy groups -OCH3 is 1. The molecule has 11 heavy (non-hydrogen) atoms. The minimum atomic E-state index is 0.906. The summed E-state index contributed by atoms with van der Waals surface area (Å²) in [5.41, 5.74) is 0. The van der Waals surface area contributed by atoms with Gasteiger partial charge in [0.2, 0.25) is 0 Å². The third-order valence-corrected chi connectivity index (χ3v) is 3.11. The molecule has 2 heteroatoms. The van der Waals surface area contributed by atoms with E-state index in [0.717, 1.165) is 25.1 Å². The first-order chi connectivity index (χ1) is 5.40. The van der Waals surface area contributed by atoms with Gasteiger partial charge in [0.15, 0.2) is 0 Å². The lowest BCUT2D eigenvalue weighted by molar-refractivity contribution is 0.128. The van der Waals surface area contributed by atoms with Crippen LogP contribution in [-0.4, -0.2) is 37.7 Å². The molecule has 2 rings (SSSR count). The molecule has 64 valence electrons. The van der Waals surface area contributed by atoms with Gasteiger partial charge in [-0.1, -0.05) is 0 Å². The number of nitrogens with zero attached hydrogens (tertiary/aromatic N) is 1. The fourth-order valence-corrected chi connectivity index (χ4v) is 2.51. The number of hydrogen-bond donors (Lipinski definition) is 0. The van der Waals surface area contributed by atoms with Gasteiger partial charge in [0, 0.05) is 26.2 Å². The van der Waals surface area contributed by atoms with E-state index in [1.807, 2.05) is 0 Å². The molecule has 2 fully saturated rings. The molecule has 2 atom stereocenters. The molecule has 2 bridgehead atoms. The van der Waals surface area contributed by atoms with Gasteiger partial charge in [0.1, 0.15) is 0 Å². The van der Waals surface area contributed by atoms with Crippen LogP contribution in [0.15, 0.2) is 0 Å². The van der Waals surface area contributed by atoms with Gasteiger partial charge in [-0.2, -0.15) is 0 Å². The van der Waals surface area contributed by atoms with Crippen molar-refractivity contribution >= 4 is 0 Å². The van der Waals surface area contributed by atoms with Crippen LogP contribution < -0.4 is 0 Å². The summed E-state index contributed by atoms with van der Waals surface area (Å²) in [6.07, 6.45) is 4.38. The summed E-state index contributed by atoms with van der Waals surface area (Å²) in [6, 6.07) is 0.912. The summed E-state index contributed by atoms with van der Waals surface area (Å²) in [4.78, 5) is 2.59. The summed E-state index contributed by atoms with van der Waals surface area (Å²) in [7, 11) is 1.79. The molecule has 2 aliphatic rings. The van der Waals surface area contributed by atoms with Gasteiger partial charge in [0.25, 0.3) is 0 Å². The van der Waals surface area contributed by atoms with Crippen LogP contribution in [0.3, 0.4) is 0 Å². The Hall–Kier alpha value is -0.0800. The van der Waals surface area contributed by atoms with Gasteiger partial charge in [-0.05, 0) is 25.2 Å². The Morgan fingerprint density at radius 1 is 1.45 bits per heavy atom. The lowest BCUT2D eigenvalue weighted by atomic mass is 10.1. The molecule has 0 aromatic carbocycles. The summed E-state index contributed by atoms with van der Waals surface area (Å²) < 4.78 is 5.07. The molecule has 2 nitrogen and oxygen atoms in total. The zero-order chi connectivity index (χ0) is 7.68. The maximum atomic E-state index is 5.07. The van der Waals surface area contributed by atoms with Crippen molar-refractivity contribution < 1.29 is 4.74 Å². The summed E-state index contributed by atoms with van der Waals surface area (Å²) in [5, 5.41) is 0. The third kappa shape index (κ3) is 1.42. The minimum absolute atomic E-state index is 0.906. The number of piperidine rings is 1. The molecule has 0 amide bonds. The van der Waals surface area contributed by atoms with E-state index in [1.54, 1.807) is 7.11 Å². The van der Waals surface area contributed by atoms with Crippen molar-refractivity contribution in [2.24, 2.45) is 5.92 Å². The van der Waals surface area contributed by atoms with Crippen molar-refractivity contribution in [2.75, 3.05) is 26.8 Å². The van der Waals surface area contributed by atoms with Gasteiger partial charge in [-0.3, -0.25) is 4.90 Å². The second-order valence-corrected chi connectivity index (χ2v) is 3.82. The highest BCUT2D eigenvalue weighted by atomic mass is 16.5. The molecular formula is C9H17NO. The van der Waals surface area contributed by atoms with Gasteiger partial charge in [-0.25, -0.2) is 0 Å². The zero-order valence-corrected chi connectivity index (χ0v) is 7.25. The quantitative estimate of drug-likeness (QED) is 0.605. The fourth-order valence-electron chi connectivity index (χ4n) is 2.51. The molecule has 0 N–H and O–H groups in total. The first-order valence-electron chi connectivity index (χ1n) is 4.63. The monoisotopic (exact) mass is 155 g/mol. The van der Waals surface area contributed by atoms with Crippen molar-refractivity contribution in [3.63, 3.8) is 0 Å². The molecule has 1 aliphatic carbocycles. The Morgan fingerprint density at radius 2 is 2.36 bits per heavy atom. The van der Waals surface area contributed by atoms with Crippen molar-refractivity contribution in [2.45, 2.75) is 25.3 Å². The Balaban J connectivity index is 1.78. The Bertz CT molecular complexity index is 138. The minimum Gasteiger partial charge on any atom is -0.383 e. The van der Waals surface area contributed by atoms with Crippen LogP contribution in [0.25, 0.3) is 0 Å². The molecule has 0 aromatic heterocycles. The first kappa shape index (κ1) is 7.56. The Morgan fingerprint density at radius 3 is 2.91 bits per heavy atom. The van der Waals surface area contributed by atoms with E-state index in [-0.39, 0.29) is 0 Å². The second kappa shape index (κ2) is 3.11. The molecule has 1 saturated heterocycles. The Kier molecular flexibility index (Phi) is 2.14. The third-order valence-electron chi connectivity index (χ3n) is 3.11. The van der Waals surface area contributed by atoms with Crippen molar-refractivity contribution in [3.05, 3.63) is 0 Å². The number of fused-ring (bicyclic) bond motifs is 2. The van der Waals surface area contributed by atoms with E-state index in [9.17, 15) is 0 Å². The van der Waals surface area contributed by atoms with Crippen molar-refractivity contribution in [1.29, 1.82) is 0 Å². The van der Waals surface area contributed by atoms with Crippen LogP contribution in [0, 0.1) is 5.92 Å². The van der Waals surface area contributed by atoms with E-state index >= 15 is 0 Å². The highest BCUT2D eigenvalue weighted by Gasteiger charge is 2.36. The summed E-state index contributed by atoms with van der Waals surface area (Å²) in [6.45, 7) is 3.40. The topological polar surface area (TPSA) is 12.5 Å².